The molecule has 182 valence electrons. The van der Waals surface area contributed by atoms with E-state index in [2.05, 4.69) is 25.6 Å². The van der Waals surface area contributed by atoms with E-state index in [4.69, 9.17) is 0 Å². The lowest BCUT2D eigenvalue weighted by Gasteiger charge is -2.18. The monoisotopic (exact) mass is 483 g/mol. The number of Topliss-reactive ketones (excluding diaryl/α,β-unsaturated/α-hetero) is 1. The minimum Gasteiger partial charge on any atom is -0.342 e. The lowest BCUT2D eigenvalue weighted by Crippen LogP contribution is -2.34. The number of nitrogens with one attached hydrogen (secondary N) is 2. The lowest BCUT2D eigenvalue weighted by molar-refractivity contribution is -0.117. The summed E-state index contributed by atoms with van der Waals surface area (Å²) in [5, 5.41) is 5.33. The van der Waals surface area contributed by atoms with Crippen LogP contribution in [-0.2, 0) is 30.7 Å². The van der Waals surface area contributed by atoms with Crippen LogP contribution in [0.2, 0.25) is 0 Å². The van der Waals surface area contributed by atoms with Crippen LogP contribution in [0.1, 0.15) is 41.5 Å². The van der Waals surface area contributed by atoms with Crippen molar-refractivity contribution >= 4 is 29.2 Å². The predicted molar refractivity (Wildman–Crippen MR) is 122 cm³/mol. The van der Waals surface area contributed by atoms with Gasteiger partial charge in [0.25, 0.3) is 5.91 Å². The second-order valence-corrected chi connectivity index (χ2v) is 7.95. The Balaban J connectivity index is 1.60. The van der Waals surface area contributed by atoms with Crippen LogP contribution in [0, 0.1) is 11.6 Å². The zero-order chi connectivity index (χ0) is 25.1. The number of hydrogen-bond donors (Lipinski definition) is 2. The SMILES string of the molecule is CCc1c(NC(=O)N2CCc3cc(F)c(F)cc32)nc(C(=O)NCc2ncccn2)n1CC(C)=O. The van der Waals surface area contributed by atoms with Crippen molar-refractivity contribution in [1.82, 2.24) is 24.8 Å². The Morgan fingerprint density at radius 2 is 1.83 bits per heavy atom. The third-order valence-electron chi connectivity index (χ3n) is 5.51. The molecule has 4 rings (SSSR count). The van der Waals surface area contributed by atoms with E-state index in [0.717, 1.165) is 12.1 Å². The van der Waals surface area contributed by atoms with Gasteiger partial charge in [-0.3, -0.25) is 19.8 Å². The van der Waals surface area contributed by atoms with Gasteiger partial charge in [0.05, 0.1) is 24.5 Å². The van der Waals surface area contributed by atoms with Crippen LogP contribution in [0.5, 0.6) is 0 Å². The molecular weight excluding hydrogens is 460 g/mol. The maximum atomic E-state index is 13.8. The predicted octanol–water partition coefficient (Wildman–Crippen LogP) is 2.63. The number of imidazole rings is 1. The zero-order valence-corrected chi connectivity index (χ0v) is 19.1. The lowest BCUT2D eigenvalue weighted by atomic mass is 10.1. The number of benzene rings is 1. The summed E-state index contributed by atoms with van der Waals surface area (Å²) in [6.45, 7) is 3.33. The number of carbonyl (C=O) groups is 3. The highest BCUT2D eigenvalue weighted by atomic mass is 19.2. The van der Waals surface area contributed by atoms with E-state index in [0.29, 0.717) is 29.9 Å². The fourth-order valence-electron chi connectivity index (χ4n) is 3.93. The third-order valence-corrected chi connectivity index (χ3v) is 5.51. The average Bonchev–Trinajstić information content (AvgIpc) is 3.38. The number of hydrogen-bond acceptors (Lipinski definition) is 6. The molecule has 0 spiro atoms. The van der Waals surface area contributed by atoms with Crippen LogP contribution in [-0.4, -0.2) is 43.8 Å². The van der Waals surface area contributed by atoms with Crippen LogP contribution in [0.3, 0.4) is 0 Å². The Bertz CT molecular complexity index is 1290. The fourth-order valence-corrected chi connectivity index (χ4v) is 3.93. The van der Waals surface area contributed by atoms with E-state index < -0.39 is 23.6 Å². The van der Waals surface area contributed by atoms with Gasteiger partial charge in [-0.05, 0) is 37.5 Å². The topological polar surface area (TPSA) is 122 Å². The molecule has 0 saturated heterocycles. The van der Waals surface area contributed by atoms with Crippen molar-refractivity contribution in [2.45, 2.75) is 39.8 Å². The first-order valence-electron chi connectivity index (χ1n) is 11.0. The van der Waals surface area contributed by atoms with Crippen LogP contribution in [0.25, 0.3) is 0 Å². The van der Waals surface area contributed by atoms with Crippen molar-refractivity contribution < 1.29 is 23.2 Å². The van der Waals surface area contributed by atoms with Crippen molar-refractivity contribution in [3.05, 3.63) is 65.1 Å². The van der Waals surface area contributed by atoms with Crippen LogP contribution >= 0.6 is 0 Å². The molecule has 3 aromatic rings. The number of halogens is 2. The molecule has 0 radical (unpaired) electrons. The molecule has 2 aromatic heterocycles. The van der Waals surface area contributed by atoms with Gasteiger partial charge in [-0.1, -0.05) is 6.92 Å². The molecule has 1 aliphatic rings. The molecule has 0 bridgehead atoms. The van der Waals surface area contributed by atoms with Crippen molar-refractivity contribution in [2.24, 2.45) is 0 Å². The molecule has 0 aliphatic carbocycles. The van der Waals surface area contributed by atoms with Crippen molar-refractivity contribution in [3.63, 3.8) is 0 Å². The zero-order valence-electron chi connectivity index (χ0n) is 19.1. The standard InChI is InChI=1S/C23H23F2N7O3/c1-3-17-20(30-23(35)31-8-5-14-9-15(24)16(25)10-18(14)31)29-21(32(17)12-13(2)33)22(34)28-11-19-26-6-4-7-27-19/h4,6-7,9-10H,3,5,8,11-12H2,1-2H3,(H,28,34)(H,30,35). The van der Waals surface area contributed by atoms with Gasteiger partial charge in [0.15, 0.2) is 17.5 Å². The number of aromatic nitrogens is 4. The minimum absolute atomic E-state index is 0.0441. The number of fused-ring (bicyclic) bond motifs is 1. The van der Waals surface area contributed by atoms with Gasteiger partial charge < -0.3 is 9.88 Å². The molecular formula is C23H23F2N7O3. The molecule has 2 N–H and O–H groups in total. The van der Waals surface area contributed by atoms with Crippen LogP contribution < -0.4 is 15.5 Å². The Hall–Kier alpha value is -4.22. The quantitative estimate of drug-likeness (QED) is 0.533. The second-order valence-electron chi connectivity index (χ2n) is 7.95. The highest BCUT2D eigenvalue weighted by molar-refractivity contribution is 6.03. The van der Waals surface area contributed by atoms with Gasteiger partial charge >= 0.3 is 6.03 Å². The highest BCUT2D eigenvalue weighted by Crippen LogP contribution is 2.31. The number of ketones is 1. The first kappa shape index (κ1) is 23.9. The Labute approximate surface area is 199 Å². The molecule has 0 saturated carbocycles. The van der Waals surface area contributed by atoms with E-state index in [-0.39, 0.29) is 42.7 Å². The minimum atomic E-state index is -1.05. The first-order chi connectivity index (χ1) is 16.8. The maximum absolute atomic E-state index is 13.8. The number of urea groups is 1. The molecule has 3 heterocycles. The molecule has 1 aromatic carbocycles. The van der Waals surface area contributed by atoms with Crippen molar-refractivity contribution in [2.75, 3.05) is 16.8 Å². The summed E-state index contributed by atoms with van der Waals surface area (Å²) >= 11 is 0. The Morgan fingerprint density at radius 1 is 1.11 bits per heavy atom. The molecule has 0 atom stereocenters. The summed E-state index contributed by atoms with van der Waals surface area (Å²) in [7, 11) is 0. The van der Waals surface area contributed by atoms with Gasteiger partial charge in [-0.15, -0.1) is 0 Å². The maximum Gasteiger partial charge on any atom is 0.327 e. The molecule has 0 fully saturated rings. The normalized spacial score (nSPS) is 12.4. The van der Waals surface area contributed by atoms with Crippen molar-refractivity contribution in [1.29, 1.82) is 0 Å². The third kappa shape index (κ3) is 5.00. The molecule has 0 unspecified atom stereocenters. The van der Waals surface area contributed by atoms with Crippen LogP contribution in [0.4, 0.5) is 25.1 Å². The molecule has 3 amide bonds. The van der Waals surface area contributed by atoms with Gasteiger partial charge in [-0.2, -0.15) is 0 Å². The van der Waals surface area contributed by atoms with Gasteiger partial charge in [0, 0.05) is 25.0 Å². The largest absolute Gasteiger partial charge is 0.342 e. The van der Waals surface area contributed by atoms with Gasteiger partial charge in [0.1, 0.15) is 11.6 Å². The van der Waals surface area contributed by atoms with E-state index in [1.54, 1.807) is 25.4 Å². The number of carbonyl (C=O) groups excluding carboxylic acids is 3. The second kappa shape index (κ2) is 9.95. The van der Waals surface area contributed by atoms with Crippen molar-refractivity contribution in [3.8, 4) is 0 Å². The summed E-state index contributed by atoms with van der Waals surface area (Å²) in [5.74, 6) is -2.36. The number of anilines is 2. The average molecular weight is 483 g/mol. The smallest absolute Gasteiger partial charge is 0.327 e. The number of amides is 3. The highest BCUT2D eigenvalue weighted by Gasteiger charge is 2.29. The Morgan fingerprint density at radius 3 is 2.51 bits per heavy atom. The van der Waals surface area contributed by atoms with E-state index in [1.807, 2.05) is 0 Å². The summed E-state index contributed by atoms with van der Waals surface area (Å²) in [6, 6.07) is 3.10. The molecule has 35 heavy (non-hydrogen) atoms. The van der Waals surface area contributed by atoms with Gasteiger partial charge in [-0.25, -0.2) is 28.5 Å². The van der Waals surface area contributed by atoms with E-state index in [1.165, 1.54) is 16.4 Å². The summed E-state index contributed by atoms with van der Waals surface area (Å²) in [4.78, 5) is 51.5. The molecule has 10 nitrogen and oxygen atoms in total. The van der Waals surface area contributed by atoms with Crippen LogP contribution in [0.15, 0.2) is 30.6 Å². The number of rotatable bonds is 7. The number of nitrogens with zero attached hydrogens (tertiary/aromatic N) is 5. The fraction of sp³-hybridized carbons (Fsp3) is 0.304. The summed E-state index contributed by atoms with van der Waals surface area (Å²) in [5.41, 5.74) is 1.25. The Kier molecular flexibility index (Phi) is 6.80. The van der Waals surface area contributed by atoms with Gasteiger partial charge in [0.2, 0.25) is 5.82 Å². The first-order valence-corrected chi connectivity index (χ1v) is 11.0. The molecule has 12 heteroatoms. The van der Waals surface area contributed by atoms with E-state index >= 15 is 0 Å². The summed E-state index contributed by atoms with van der Waals surface area (Å²) < 4.78 is 28.8. The summed E-state index contributed by atoms with van der Waals surface area (Å²) in [6.07, 6.45) is 3.82. The molecule has 1 aliphatic heterocycles. The van der Waals surface area contributed by atoms with E-state index in [9.17, 15) is 23.2 Å².